The number of benzene rings is 1. The minimum Gasteiger partial charge on any atom is -0.507 e. The van der Waals surface area contributed by atoms with Gasteiger partial charge in [0.2, 0.25) is 0 Å². The highest BCUT2D eigenvalue weighted by Crippen LogP contribution is 2.22. The Morgan fingerprint density at radius 3 is 2.57 bits per heavy atom. The molecular formula is C11H16O2S. The predicted molar refractivity (Wildman–Crippen MR) is 59.0 cm³/mol. The second-order valence-electron chi connectivity index (χ2n) is 3.85. The lowest BCUT2D eigenvalue weighted by Gasteiger charge is -2.07. The molecule has 0 aliphatic carbocycles. The van der Waals surface area contributed by atoms with Crippen LogP contribution in [0.2, 0.25) is 0 Å². The van der Waals surface area contributed by atoms with Gasteiger partial charge in [-0.2, -0.15) is 0 Å². The molecule has 0 saturated heterocycles. The molecule has 2 nitrogen and oxygen atoms in total. The lowest BCUT2D eigenvalue weighted by atomic mass is 10.0. The van der Waals surface area contributed by atoms with E-state index < -0.39 is 10.8 Å². The van der Waals surface area contributed by atoms with Gasteiger partial charge in [-0.3, -0.25) is 4.21 Å². The highest BCUT2D eigenvalue weighted by atomic mass is 32.2. The number of phenols is 1. The van der Waals surface area contributed by atoms with E-state index in [4.69, 9.17) is 0 Å². The van der Waals surface area contributed by atoms with Gasteiger partial charge >= 0.3 is 0 Å². The first-order valence-electron chi connectivity index (χ1n) is 4.66. The Balaban J connectivity index is 3.00. The summed E-state index contributed by atoms with van der Waals surface area (Å²) in [5.74, 6) is 0.691. The first-order valence-corrected chi connectivity index (χ1v) is 6.22. The molecule has 1 aromatic rings. The third-order valence-corrected chi connectivity index (χ3v) is 2.92. The first kappa shape index (κ1) is 11.2. The van der Waals surface area contributed by atoms with E-state index in [-0.39, 0.29) is 5.75 Å². The van der Waals surface area contributed by atoms with Crippen LogP contribution in [0.3, 0.4) is 0 Å². The molecule has 0 radical (unpaired) electrons. The molecule has 1 aromatic carbocycles. The molecule has 0 fully saturated rings. The summed E-state index contributed by atoms with van der Waals surface area (Å²) in [6, 6.07) is 5.32. The Bertz CT molecular complexity index is 345. The van der Waals surface area contributed by atoms with Crippen LogP contribution in [0.25, 0.3) is 0 Å². The Labute approximate surface area is 87.4 Å². The average molecular weight is 212 g/mol. The van der Waals surface area contributed by atoms with Crippen molar-refractivity contribution in [2.24, 2.45) is 5.92 Å². The summed E-state index contributed by atoms with van der Waals surface area (Å²) in [6.07, 6.45) is 2.53. The molecule has 0 saturated carbocycles. The van der Waals surface area contributed by atoms with E-state index >= 15 is 0 Å². The summed E-state index contributed by atoms with van der Waals surface area (Å²) in [6.45, 7) is 4.27. The monoisotopic (exact) mass is 212 g/mol. The summed E-state index contributed by atoms with van der Waals surface area (Å²) in [4.78, 5) is 0.531. The van der Waals surface area contributed by atoms with Gasteiger partial charge < -0.3 is 5.11 Å². The number of hydrogen-bond donors (Lipinski definition) is 1. The molecule has 78 valence electrons. The van der Waals surface area contributed by atoms with Crippen molar-refractivity contribution in [3.8, 4) is 5.75 Å². The topological polar surface area (TPSA) is 37.3 Å². The zero-order valence-corrected chi connectivity index (χ0v) is 9.60. The largest absolute Gasteiger partial charge is 0.507 e. The molecule has 14 heavy (non-hydrogen) atoms. The van der Waals surface area contributed by atoms with Crippen LogP contribution in [0.5, 0.6) is 5.75 Å². The predicted octanol–water partition coefficient (Wildman–Crippen LogP) is 2.33. The zero-order chi connectivity index (χ0) is 10.7. The highest BCUT2D eigenvalue weighted by Gasteiger charge is 2.07. The van der Waals surface area contributed by atoms with E-state index in [0.717, 1.165) is 12.0 Å². The molecule has 3 heteroatoms. The van der Waals surface area contributed by atoms with E-state index in [1.54, 1.807) is 12.3 Å². The molecule has 1 atom stereocenters. The molecule has 0 aromatic heterocycles. The zero-order valence-electron chi connectivity index (χ0n) is 8.78. The van der Waals surface area contributed by atoms with Crippen molar-refractivity contribution in [2.45, 2.75) is 25.2 Å². The van der Waals surface area contributed by atoms with Crippen LogP contribution in [0.4, 0.5) is 0 Å². The van der Waals surface area contributed by atoms with Crippen LogP contribution in [-0.2, 0) is 17.2 Å². The van der Waals surface area contributed by atoms with Crippen LogP contribution in [-0.4, -0.2) is 15.6 Å². The molecule has 0 amide bonds. The van der Waals surface area contributed by atoms with Gasteiger partial charge in [0.1, 0.15) is 5.75 Å². The fourth-order valence-corrected chi connectivity index (χ4v) is 2.07. The SMILES string of the molecule is CC(C)Cc1ccc(O)c(S(C)=O)c1. The Morgan fingerprint density at radius 1 is 1.43 bits per heavy atom. The van der Waals surface area contributed by atoms with E-state index in [1.165, 1.54) is 0 Å². The van der Waals surface area contributed by atoms with Crippen molar-refractivity contribution in [3.63, 3.8) is 0 Å². The molecule has 0 bridgehead atoms. The van der Waals surface area contributed by atoms with E-state index in [1.807, 2.05) is 12.1 Å². The smallest absolute Gasteiger partial charge is 0.131 e. The second kappa shape index (κ2) is 4.60. The summed E-state index contributed by atoms with van der Waals surface area (Å²) >= 11 is 0. The van der Waals surface area contributed by atoms with Gasteiger partial charge in [0.15, 0.2) is 0 Å². The Hall–Kier alpha value is -0.830. The number of phenolic OH excluding ortho intramolecular Hbond substituents is 1. The second-order valence-corrected chi connectivity index (χ2v) is 5.20. The van der Waals surface area contributed by atoms with Crippen LogP contribution < -0.4 is 0 Å². The van der Waals surface area contributed by atoms with Crippen molar-refractivity contribution in [1.82, 2.24) is 0 Å². The van der Waals surface area contributed by atoms with Crippen molar-refractivity contribution in [1.29, 1.82) is 0 Å². The van der Waals surface area contributed by atoms with Gasteiger partial charge in [-0.25, -0.2) is 0 Å². The molecule has 1 rings (SSSR count). The number of rotatable bonds is 3. The average Bonchev–Trinajstić information content (AvgIpc) is 2.07. The fraction of sp³-hybridized carbons (Fsp3) is 0.455. The van der Waals surface area contributed by atoms with Crippen molar-refractivity contribution < 1.29 is 9.32 Å². The Kier molecular flexibility index (Phi) is 3.69. The minimum atomic E-state index is -1.12. The normalized spacial score (nSPS) is 13.1. The van der Waals surface area contributed by atoms with Crippen LogP contribution in [0, 0.1) is 5.92 Å². The third kappa shape index (κ3) is 2.84. The Morgan fingerprint density at radius 2 is 2.07 bits per heavy atom. The maximum Gasteiger partial charge on any atom is 0.131 e. The van der Waals surface area contributed by atoms with Crippen molar-refractivity contribution in [3.05, 3.63) is 23.8 Å². The first-order chi connectivity index (χ1) is 6.50. The maximum atomic E-state index is 11.3. The highest BCUT2D eigenvalue weighted by molar-refractivity contribution is 7.84. The van der Waals surface area contributed by atoms with Crippen LogP contribution >= 0.6 is 0 Å². The molecule has 0 heterocycles. The molecule has 1 N–H and O–H groups in total. The van der Waals surface area contributed by atoms with E-state index in [9.17, 15) is 9.32 Å². The van der Waals surface area contributed by atoms with E-state index in [2.05, 4.69) is 13.8 Å². The van der Waals surface area contributed by atoms with Crippen LogP contribution in [0.1, 0.15) is 19.4 Å². The lowest BCUT2D eigenvalue weighted by Crippen LogP contribution is -1.96. The summed E-state index contributed by atoms with van der Waals surface area (Å²) < 4.78 is 11.3. The third-order valence-electron chi connectivity index (χ3n) is 1.98. The van der Waals surface area contributed by atoms with E-state index in [0.29, 0.717) is 10.8 Å². The minimum absolute atomic E-state index is 0.123. The van der Waals surface area contributed by atoms with Gasteiger partial charge in [-0.15, -0.1) is 0 Å². The molecule has 0 aliphatic rings. The number of aromatic hydroxyl groups is 1. The molecule has 1 unspecified atom stereocenters. The van der Waals surface area contributed by atoms with Crippen molar-refractivity contribution in [2.75, 3.05) is 6.26 Å². The molecular weight excluding hydrogens is 196 g/mol. The van der Waals surface area contributed by atoms with Crippen molar-refractivity contribution >= 4 is 10.8 Å². The molecule has 0 aliphatic heterocycles. The standard InChI is InChI=1S/C11H16O2S/c1-8(2)6-9-4-5-10(12)11(7-9)14(3)13/h4-5,7-8,12H,6H2,1-3H3. The fourth-order valence-electron chi connectivity index (χ4n) is 1.39. The van der Waals surface area contributed by atoms with Gasteiger partial charge in [0.25, 0.3) is 0 Å². The van der Waals surface area contributed by atoms with Gasteiger partial charge in [-0.1, -0.05) is 19.9 Å². The molecule has 0 spiro atoms. The summed E-state index contributed by atoms with van der Waals surface area (Å²) in [5, 5.41) is 9.45. The summed E-state index contributed by atoms with van der Waals surface area (Å²) in [5.41, 5.74) is 1.13. The van der Waals surface area contributed by atoms with Gasteiger partial charge in [0.05, 0.1) is 15.7 Å². The van der Waals surface area contributed by atoms with Gasteiger partial charge in [-0.05, 0) is 30.0 Å². The van der Waals surface area contributed by atoms with Crippen LogP contribution in [0.15, 0.2) is 23.1 Å². The van der Waals surface area contributed by atoms with Gasteiger partial charge in [0, 0.05) is 6.26 Å². The quantitative estimate of drug-likeness (QED) is 0.835. The number of hydrogen-bond acceptors (Lipinski definition) is 2. The summed E-state index contributed by atoms with van der Waals surface area (Å²) in [7, 11) is -1.12. The maximum absolute atomic E-state index is 11.3. The lowest BCUT2D eigenvalue weighted by molar-refractivity contribution is 0.460.